The van der Waals surface area contributed by atoms with Crippen molar-refractivity contribution in [2.24, 2.45) is 0 Å². The molecule has 0 aromatic heterocycles. The molecule has 1 fully saturated rings. The standard InChI is InChI=1S/C22H27FN4O2/c1-26(2)17-11-9-16(10-12-17)20(27-13-5-6-14-27)15-24-21(28)22(29)25-19-8-4-3-7-18(19)23/h3-4,7-12,20H,5-6,13-15H2,1-2H3,(H,24,28)(H,25,29). The summed E-state index contributed by atoms with van der Waals surface area (Å²) in [7, 11) is 3.97. The Bertz CT molecular complexity index is 848. The number of likely N-dealkylation sites (tertiary alicyclic amines) is 1. The predicted molar refractivity (Wildman–Crippen MR) is 112 cm³/mol. The molecule has 2 aromatic carbocycles. The van der Waals surface area contributed by atoms with Crippen molar-refractivity contribution in [1.29, 1.82) is 0 Å². The summed E-state index contributed by atoms with van der Waals surface area (Å²) >= 11 is 0. The van der Waals surface area contributed by atoms with Crippen LogP contribution in [0.3, 0.4) is 0 Å². The Balaban J connectivity index is 1.65. The van der Waals surface area contributed by atoms with E-state index >= 15 is 0 Å². The van der Waals surface area contributed by atoms with Gasteiger partial charge in [0.1, 0.15) is 5.82 Å². The lowest BCUT2D eigenvalue weighted by Crippen LogP contribution is -2.41. The average molecular weight is 398 g/mol. The molecule has 1 aliphatic heterocycles. The van der Waals surface area contributed by atoms with Crippen LogP contribution in [-0.2, 0) is 9.59 Å². The summed E-state index contributed by atoms with van der Waals surface area (Å²) in [5.41, 5.74) is 2.18. The smallest absolute Gasteiger partial charge is 0.313 e. The molecule has 3 rings (SSSR count). The molecule has 0 saturated carbocycles. The number of carbonyl (C=O) groups is 2. The Kier molecular flexibility index (Phi) is 6.82. The first-order valence-electron chi connectivity index (χ1n) is 9.81. The van der Waals surface area contributed by atoms with E-state index in [-0.39, 0.29) is 11.7 Å². The number of hydrogen-bond acceptors (Lipinski definition) is 4. The van der Waals surface area contributed by atoms with E-state index < -0.39 is 17.6 Å². The van der Waals surface area contributed by atoms with Crippen LogP contribution >= 0.6 is 0 Å². The third kappa shape index (κ3) is 5.32. The highest BCUT2D eigenvalue weighted by Crippen LogP contribution is 2.26. The lowest BCUT2D eigenvalue weighted by Gasteiger charge is -2.28. The van der Waals surface area contributed by atoms with Crippen LogP contribution in [0.4, 0.5) is 15.8 Å². The average Bonchev–Trinajstić information content (AvgIpc) is 3.24. The van der Waals surface area contributed by atoms with E-state index in [1.807, 2.05) is 31.1 Å². The quantitative estimate of drug-likeness (QED) is 0.735. The number of rotatable bonds is 6. The maximum Gasteiger partial charge on any atom is 0.313 e. The summed E-state index contributed by atoms with van der Waals surface area (Å²) in [6, 6.07) is 14.0. The molecule has 1 heterocycles. The number of halogens is 1. The summed E-state index contributed by atoms with van der Waals surface area (Å²) in [6.07, 6.45) is 2.24. The molecule has 29 heavy (non-hydrogen) atoms. The van der Waals surface area contributed by atoms with E-state index in [4.69, 9.17) is 0 Å². The topological polar surface area (TPSA) is 64.7 Å². The molecule has 0 spiro atoms. The molecule has 1 saturated heterocycles. The third-order valence-electron chi connectivity index (χ3n) is 5.16. The zero-order valence-corrected chi connectivity index (χ0v) is 16.8. The maximum atomic E-state index is 13.7. The lowest BCUT2D eigenvalue weighted by atomic mass is 10.0. The Hall–Kier alpha value is -2.93. The predicted octanol–water partition coefficient (Wildman–Crippen LogP) is 2.78. The van der Waals surface area contributed by atoms with Crippen LogP contribution in [0.25, 0.3) is 0 Å². The van der Waals surface area contributed by atoms with Gasteiger partial charge in [-0.05, 0) is 55.8 Å². The van der Waals surface area contributed by atoms with E-state index in [1.54, 1.807) is 6.07 Å². The monoisotopic (exact) mass is 398 g/mol. The van der Waals surface area contributed by atoms with Gasteiger partial charge in [-0.1, -0.05) is 24.3 Å². The number of hydrogen-bond donors (Lipinski definition) is 2. The van der Waals surface area contributed by atoms with Crippen molar-refractivity contribution >= 4 is 23.2 Å². The van der Waals surface area contributed by atoms with Gasteiger partial charge in [-0.3, -0.25) is 14.5 Å². The summed E-state index contributed by atoms with van der Waals surface area (Å²) in [6.45, 7) is 2.22. The van der Waals surface area contributed by atoms with Crippen molar-refractivity contribution in [2.75, 3.05) is 43.9 Å². The van der Waals surface area contributed by atoms with Crippen LogP contribution in [-0.4, -0.2) is 50.4 Å². The van der Waals surface area contributed by atoms with Crippen molar-refractivity contribution in [3.05, 3.63) is 59.9 Å². The normalized spacial score (nSPS) is 15.0. The van der Waals surface area contributed by atoms with Gasteiger partial charge in [-0.15, -0.1) is 0 Å². The first-order valence-corrected chi connectivity index (χ1v) is 9.81. The van der Waals surface area contributed by atoms with Crippen molar-refractivity contribution in [1.82, 2.24) is 10.2 Å². The molecule has 2 N–H and O–H groups in total. The zero-order valence-electron chi connectivity index (χ0n) is 16.8. The van der Waals surface area contributed by atoms with Crippen molar-refractivity contribution in [2.45, 2.75) is 18.9 Å². The molecular weight excluding hydrogens is 371 g/mol. The molecule has 154 valence electrons. The van der Waals surface area contributed by atoms with Crippen LogP contribution in [0, 0.1) is 5.82 Å². The van der Waals surface area contributed by atoms with Crippen LogP contribution in [0.15, 0.2) is 48.5 Å². The molecule has 0 radical (unpaired) electrons. The Labute approximate surface area is 170 Å². The summed E-state index contributed by atoms with van der Waals surface area (Å²) in [5.74, 6) is -2.23. The number of benzene rings is 2. The van der Waals surface area contributed by atoms with E-state index in [9.17, 15) is 14.0 Å². The van der Waals surface area contributed by atoms with Gasteiger partial charge in [-0.25, -0.2) is 4.39 Å². The number of nitrogens with one attached hydrogen (secondary N) is 2. The van der Waals surface area contributed by atoms with Crippen LogP contribution in [0.1, 0.15) is 24.4 Å². The minimum absolute atomic E-state index is 0.0111. The fraction of sp³-hybridized carbons (Fsp3) is 0.364. The van der Waals surface area contributed by atoms with E-state index in [0.717, 1.165) is 37.2 Å². The highest BCUT2D eigenvalue weighted by molar-refractivity contribution is 6.39. The van der Waals surface area contributed by atoms with Gasteiger partial charge in [0.15, 0.2) is 0 Å². The molecule has 2 aromatic rings. The number of amides is 2. The first kappa shape index (κ1) is 20.8. The molecular formula is C22H27FN4O2. The highest BCUT2D eigenvalue weighted by atomic mass is 19.1. The zero-order chi connectivity index (χ0) is 20.8. The Morgan fingerprint density at radius 3 is 2.31 bits per heavy atom. The number of nitrogens with zero attached hydrogens (tertiary/aromatic N) is 2. The minimum atomic E-state index is -0.877. The first-order chi connectivity index (χ1) is 14.0. The van der Waals surface area contributed by atoms with E-state index in [2.05, 4.69) is 27.7 Å². The van der Waals surface area contributed by atoms with Gasteiger partial charge in [0.2, 0.25) is 0 Å². The van der Waals surface area contributed by atoms with Crippen molar-refractivity contribution in [3.8, 4) is 0 Å². The van der Waals surface area contributed by atoms with Gasteiger partial charge in [-0.2, -0.15) is 0 Å². The maximum absolute atomic E-state index is 13.7. The number of para-hydroxylation sites is 1. The molecule has 1 atom stereocenters. The Morgan fingerprint density at radius 1 is 1.03 bits per heavy atom. The van der Waals surface area contributed by atoms with E-state index in [1.165, 1.54) is 18.2 Å². The molecule has 1 unspecified atom stereocenters. The minimum Gasteiger partial charge on any atom is -0.378 e. The van der Waals surface area contributed by atoms with Gasteiger partial charge in [0, 0.05) is 26.3 Å². The fourth-order valence-corrected chi connectivity index (χ4v) is 3.52. The fourth-order valence-electron chi connectivity index (χ4n) is 3.52. The molecule has 0 aliphatic carbocycles. The largest absolute Gasteiger partial charge is 0.378 e. The molecule has 1 aliphatic rings. The summed E-state index contributed by atoms with van der Waals surface area (Å²) in [4.78, 5) is 28.8. The van der Waals surface area contributed by atoms with Gasteiger partial charge in [0.05, 0.1) is 11.7 Å². The summed E-state index contributed by atoms with van der Waals surface area (Å²) in [5, 5.41) is 5.03. The van der Waals surface area contributed by atoms with Gasteiger partial charge < -0.3 is 15.5 Å². The van der Waals surface area contributed by atoms with Crippen molar-refractivity contribution < 1.29 is 14.0 Å². The van der Waals surface area contributed by atoms with E-state index in [0.29, 0.717) is 6.54 Å². The highest BCUT2D eigenvalue weighted by Gasteiger charge is 2.25. The molecule has 0 bridgehead atoms. The third-order valence-corrected chi connectivity index (χ3v) is 5.16. The lowest BCUT2D eigenvalue weighted by molar-refractivity contribution is -0.136. The van der Waals surface area contributed by atoms with Gasteiger partial charge >= 0.3 is 11.8 Å². The Morgan fingerprint density at radius 2 is 1.69 bits per heavy atom. The second-order valence-electron chi connectivity index (χ2n) is 7.39. The molecule has 6 nitrogen and oxygen atoms in total. The number of anilines is 2. The van der Waals surface area contributed by atoms with Crippen LogP contribution in [0.2, 0.25) is 0 Å². The second-order valence-corrected chi connectivity index (χ2v) is 7.39. The number of carbonyl (C=O) groups excluding carboxylic acids is 2. The molecule has 2 amide bonds. The van der Waals surface area contributed by atoms with Crippen LogP contribution in [0.5, 0.6) is 0 Å². The van der Waals surface area contributed by atoms with Crippen LogP contribution < -0.4 is 15.5 Å². The molecule has 7 heteroatoms. The summed E-state index contributed by atoms with van der Waals surface area (Å²) < 4.78 is 13.7. The SMILES string of the molecule is CN(C)c1ccc(C(CNC(=O)C(=O)Nc2ccccc2F)N2CCCC2)cc1. The van der Waals surface area contributed by atoms with Crippen molar-refractivity contribution in [3.63, 3.8) is 0 Å². The second kappa shape index (κ2) is 9.52. The van der Waals surface area contributed by atoms with Gasteiger partial charge in [0.25, 0.3) is 0 Å².